The summed E-state index contributed by atoms with van der Waals surface area (Å²) in [7, 11) is -2.35. The molecule has 0 aliphatic rings. The lowest BCUT2D eigenvalue weighted by Crippen LogP contribution is -2.48. The van der Waals surface area contributed by atoms with Crippen LogP contribution in [0.15, 0.2) is 59.2 Å². The van der Waals surface area contributed by atoms with E-state index in [1.165, 1.54) is 24.9 Å². The van der Waals surface area contributed by atoms with E-state index < -0.39 is 21.7 Å². The normalized spacial score (nSPS) is 12.0. The Balaban J connectivity index is 1.80. The van der Waals surface area contributed by atoms with Gasteiger partial charge < -0.3 is 15.8 Å². The van der Waals surface area contributed by atoms with Gasteiger partial charge in [0.05, 0.1) is 21.3 Å². The van der Waals surface area contributed by atoms with E-state index in [1.807, 2.05) is 0 Å². The number of hydrogen-bond donors (Lipinski definition) is 3. The van der Waals surface area contributed by atoms with Crippen molar-refractivity contribution in [1.29, 1.82) is 0 Å². The van der Waals surface area contributed by atoms with Gasteiger partial charge in [0.1, 0.15) is 11.9 Å². The highest BCUT2D eigenvalue weighted by Crippen LogP contribution is 2.33. The summed E-state index contributed by atoms with van der Waals surface area (Å²) in [6.45, 7) is 1.78. The molecule has 3 rings (SSSR count). The minimum Gasteiger partial charge on any atom is -0.486 e. The molecule has 1 aromatic heterocycles. The molecular formula is C23H24Cl2N5O3S+. The average Bonchev–Trinajstić information content (AvgIpc) is 2.73. The molecule has 8 nitrogen and oxygen atoms in total. The molecule has 178 valence electrons. The van der Waals surface area contributed by atoms with Crippen LogP contribution in [0.3, 0.4) is 0 Å². The Kier molecular flexibility index (Phi) is 7.81. The van der Waals surface area contributed by atoms with Crippen molar-refractivity contribution in [2.45, 2.75) is 13.0 Å². The van der Waals surface area contributed by atoms with E-state index in [0.29, 0.717) is 44.0 Å². The molecule has 0 radical (unpaired) electrons. The summed E-state index contributed by atoms with van der Waals surface area (Å²) in [4.78, 5) is 16.7. The topological polar surface area (TPSA) is 132 Å². The van der Waals surface area contributed by atoms with Gasteiger partial charge >= 0.3 is 5.91 Å². The summed E-state index contributed by atoms with van der Waals surface area (Å²) < 4.78 is 22.0. The molecule has 0 bridgehead atoms. The molecule has 34 heavy (non-hydrogen) atoms. The molecule has 1 atom stereocenters. The highest BCUT2D eigenvalue weighted by molar-refractivity contribution is 7.92. The fraction of sp³-hybridized carbons (Fsp3) is 0.174. The van der Waals surface area contributed by atoms with E-state index >= 15 is 0 Å². The quantitative estimate of drug-likeness (QED) is 0.323. The Hall–Kier alpha value is -3.14. The molecule has 0 saturated heterocycles. The number of hydrogen-bond acceptors (Lipinski definition) is 6. The van der Waals surface area contributed by atoms with Crippen LogP contribution >= 0.6 is 23.2 Å². The van der Waals surface area contributed by atoms with Gasteiger partial charge in [-0.2, -0.15) is 4.36 Å². The molecular weight excluding hydrogens is 497 g/mol. The number of carbonyl (C=O) groups is 1. The first-order valence-corrected chi connectivity index (χ1v) is 13.1. The van der Waals surface area contributed by atoms with Crippen LogP contribution in [0, 0.1) is 0 Å². The molecule has 1 amide bonds. The molecule has 2 aromatic carbocycles. The zero-order valence-corrected chi connectivity index (χ0v) is 21.0. The molecule has 1 heterocycles. The van der Waals surface area contributed by atoms with Crippen molar-refractivity contribution in [2.24, 2.45) is 4.36 Å². The van der Waals surface area contributed by atoms with Crippen LogP contribution in [-0.4, -0.2) is 33.3 Å². The fourth-order valence-electron chi connectivity index (χ4n) is 3.13. The predicted octanol–water partition coefficient (Wildman–Crippen LogP) is 3.66. The molecule has 5 N–H and O–H groups in total. The smallest absolute Gasteiger partial charge is 0.320 e. The van der Waals surface area contributed by atoms with Crippen molar-refractivity contribution in [3.05, 3.63) is 76.0 Å². The minimum atomic E-state index is -2.35. The van der Waals surface area contributed by atoms with Gasteiger partial charge in [-0.05, 0) is 43.3 Å². The van der Waals surface area contributed by atoms with Crippen molar-refractivity contribution in [3.8, 4) is 5.75 Å². The van der Waals surface area contributed by atoms with E-state index in [4.69, 9.17) is 39.1 Å². The van der Waals surface area contributed by atoms with Gasteiger partial charge in [0.25, 0.3) is 5.71 Å². The van der Waals surface area contributed by atoms with Crippen LogP contribution in [0.2, 0.25) is 10.0 Å². The summed E-state index contributed by atoms with van der Waals surface area (Å²) in [5.41, 5.74) is 8.07. The highest BCUT2D eigenvalue weighted by atomic mass is 35.5. The molecule has 0 fully saturated rings. The number of pyridine rings is 1. The third kappa shape index (κ3) is 6.47. The van der Waals surface area contributed by atoms with E-state index in [1.54, 1.807) is 49.4 Å². The second-order valence-corrected chi connectivity index (χ2v) is 11.1. The molecule has 0 aliphatic carbocycles. The lowest BCUT2D eigenvalue weighted by molar-refractivity contribution is -0.132. The van der Waals surface area contributed by atoms with Crippen LogP contribution in [-0.2, 0) is 14.5 Å². The Morgan fingerprint density at radius 3 is 2.50 bits per heavy atom. The number of halogens is 2. The number of nitrogens with one attached hydrogen (secondary N) is 1. The highest BCUT2D eigenvalue weighted by Gasteiger charge is 2.23. The summed E-state index contributed by atoms with van der Waals surface area (Å²) in [6.07, 6.45) is 5.51. The van der Waals surface area contributed by atoms with Crippen molar-refractivity contribution in [1.82, 2.24) is 4.98 Å². The second kappa shape index (κ2) is 10.4. The molecule has 0 saturated carbocycles. The fourth-order valence-corrected chi connectivity index (χ4v) is 4.42. The van der Waals surface area contributed by atoms with Crippen LogP contribution < -0.4 is 21.2 Å². The first-order chi connectivity index (χ1) is 15.9. The van der Waals surface area contributed by atoms with Crippen LogP contribution in [0.4, 0.5) is 17.1 Å². The van der Waals surface area contributed by atoms with E-state index in [0.717, 1.165) is 0 Å². The van der Waals surface area contributed by atoms with E-state index in [2.05, 4.69) is 14.7 Å². The Morgan fingerprint density at radius 1 is 1.18 bits per heavy atom. The second-order valence-electron chi connectivity index (χ2n) is 7.72. The number of nitrogens with two attached hydrogens (primary N) is 2. The summed E-state index contributed by atoms with van der Waals surface area (Å²) in [6, 6.07) is 11.5. The predicted molar refractivity (Wildman–Crippen MR) is 137 cm³/mol. The van der Waals surface area contributed by atoms with Crippen LogP contribution in [0.1, 0.15) is 24.2 Å². The number of amides is 1. The Morgan fingerprint density at radius 2 is 1.85 bits per heavy atom. The summed E-state index contributed by atoms with van der Waals surface area (Å²) >= 11 is 12.4. The lowest BCUT2D eigenvalue weighted by atomic mass is 10.1. The lowest BCUT2D eigenvalue weighted by Gasteiger charge is -2.18. The minimum absolute atomic E-state index is 0.104. The Labute approximate surface area is 208 Å². The molecule has 0 aliphatic heterocycles. The molecule has 1 unspecified atom stereocenters. The number of aromatic nitrogens is 1. The van der Waals surface area contributed by atoms with Crippen molar-refractivity contribution in [3.63, 3.8) is 0 Å². The number of carbonyl (C=O) groups excluding carboxylic acids is 1. The van der Waals surface area contributed by atoms with Gasteiger partial charge in [-0.3, -0.25) is 9.78 Å². The van der Waals surface area contributed by atoms with Gasteiger partial charge in [-0.25, -0.2) is 9.62 Å². The van der Waals surface area contributed by atoms with Crippen LogP contribution in [0.25, 0.3) is 0 Å². The number of benzene rings is 2. The van der Waals surface area contributed by atoms with Gasteiger partial charge in [-0.1, -0.05) is 29.3 Å². The van der Waals surface area contributed by atoms with Gasteiger partial charge in [0.2, 0.25) is 0 Å². The maximum absolute atomic E-state index is 12.8. The third-order valence-electron chi connectivity index (χ3n) is 4.60. The molecule has 11 heteroatoms. The maximum atomic E-state index is 12.8. The number of anilines is 2. The summed E-state index contributed by atoms with van der Waals surface area (Å²) in [5, 5.41) is 9.58. The summed E-state index contributed by atoms with van der Waals surface area (Å²) in [5.74, 6) is -0.152. The van der Waals surface area contributed by atoms with Crippen molar-refractivity contribution < 1.29 is 19.1 Å². The zero-order valence-electron chi connectivity index (χ0n) is 18.7. The third-order valence-corrected chi connectivity index (χ3v) is 5.85. The van der Waals surface area contributed by atoms with Gasteiger partial charge in [0, 0.05) is 51.6 Å². The standard InChI is InChI=1S/C23H23Cl2N5O3S/c1-13(21-18(24)11-28-12-19(21)25)33-16-7-8-20(26)17(10-16)22(27)23(31)29-14-5-4-6-15(9-14)30-34(2,3)32/h4-13,27H,26H2,1-3H3,(H,29,31)/p+1. The number of ether oxygens (including phenoxy) is 1. The first kappa shape index (κ1) is 25.5. The average molecular weight is 521 g/mol. The molecule has 3 aromatic rings. The van der Waals surface area contributed by atoms with E-state index in [-0.39, 0.29) is 5.71 Å². The monoisotopic (exact) mass is 520 g/mol. The number of nitrogen functional groups attached to an aromatic ring is 1. The van der Waals surface area contributed by atoms with Crippen molar-refractivity contribution in [2.75, 3.05) is 23.6 Å². The first-order valence-electron chi connectivity index (χ1n) is 10.0. The van der Waals surface area contributed by atoms with Crippen LogP contribution in [0.5, 0.6) is 5.75 Å². The number of nitrogens with zero attached hydrogens (tertiary/aromatic N) is 2. The largest absolute Gasteiger partial charge is 0.486 e. The van der Waals surface area contributed by atoms with Gasteiger partial charge in [-0.15, -0.1) is 0 Å². The maximum Gasteiger partial charge on any atom is 0.320 e. The zero-order chi connectivity index (χ0) is 25.0. The van der Waals surface area contributed by atoms with E-state index in [9.17, 15) is 9.00 Å². The molecule has 0 spiro atoms. The van der Waals surface area contributed by atoms with Gasteiger partial charge in [0.15, 0.2) is 0 Å². The number of rotatable bonds is 7. The van der Waals surface area contributed by atoms with Crippen molar-refractivity contribution >= 4 is 61.6 Å². The Bertz CT molecular complexity index is 1360. The SMILES string of the molecule is CC(Oc1ccc(N)c(C(=[NH2+])C(=O)Nc2cccc(N=S(C)(C)=O)c2)c1)c1c(Cl)cncc1Cl.